The van der Waals surface area contributed by atoms with Crippen molar-refractivity contribution in [2.45, 2.75) is 6.54 Å². The van der Waals surface area contributed by atoms with Crippen molar-refractivity contribution in [3.8, 4) is 0 Å². The Balaban J connectivity index is 1.55. The molecule has 0 aliphatic carbocycles. The normalized spacial score (nSPS) is 11.1. The van der Waals surface area contributed by atoms with E-state index in [1.807, 2.05) is 95.8 Å². The molecule has 0 saturated carbocycles. The van der Waals surface area contributed by atoms with Gasteiger partial charge >= 0.3 is 0 Å². The summed E-state index contributed by atoms with van der Waals surface area (Å²) in [5, 5.41) is 4.39. The third-order valence-electron chi connectivity index (χ3n) is 4.43. The van der Waals surface area contributed by atoms with Crippen molar-refractivity contribution in [3.63, 3.8) is 0 Å². The topological polar surface area (TPSA) is 72.4 Å². The van der Waals surface area contributed by atoms with Crippen molar-refractivity contribution in [3.05, 3.63) is 90.6 Å². The highest BCUT2D eigenvalue weighted by atomic mass is 16.1. The Labute approximate surface area is 163 Å². The number of para-hydroxylation sites is 2. The van der Waals surface area contributed by atoms with E-state index in [-0.39, 0.29) is 12.5 Å². The van der Waals surface area contributed by atoms with Gasteiger partial charge in [0.25, 0.3) is 0 Å². The summed E-state index contributed by atoms with van der Waals surface area (Å²) < 4.78 is 1.85. The average molecular weight is 368 g/mol. The van der Waals surface area contributed by atoms with Gasteiger partial charge in [-0.25, -0.2) is 0 Å². The number of hydrogen-bond acceptors (Lipinski definition) is 3. The molecule has 28 heavy (non-hydrogen) atoms. The molecule has 4 rings (SSSR count). The molecule has 5 nitrogen and oxygen atoms in total. The second-order valence-electron chi connectivity index (χ2n) is 6.49. The molecule has 3 N–H and O–H groups in total. The molecule has 3 aromatic carbocycles. The number of carbonyl (C=O) groups is 1. The van der Waals surface area contributed by atoms with Gasteiger partial charge < -0.3 is 15.6 Å². The monoisotopic (exact) mass is 368 g/mol. The zero-order valence-electron chi connectivity index (χ0n) is 15.2. The molecule has 0 unspecified atom stereocenters. The summed E-state index contributed by atoms with van der Waals surface area (Å²) in [5.41, 5.74) is 10.2. The lowest BCUT2D eigenvalue weighted by atomic mass is 10.2. The number of benzene rings is 3. The molecule has 5 heteroatoms. The molecule has 0 fully saturated rings. The van der Waals surface area contributed by atoms with Gasteiger partial charge in [-0.05, 0) is 42.5 Å². The number of primary amides is 1. The van der Waals surface area contributed by atoms with Crippen LogP contribution in [0.2, 0.25) is 0 Å². The van der Waals surface area contributed by atoms with Crippen LogP contribution in [0.1, 0.15) is 5.56 Å². The second kappa shape index (κ2) is 7.80. The van der Waals surface area contributed by atoms with Crippen LogP contribution in [0.25, 0.3) is 10.9 Å². The lowest BCUT2D eigenvalue weighted by Gasteiger charge is -2.05. The predicted molar refractivity (Wildman–Crippen MR) is 115 cm³/mol. The van der Waals surface area contributed by atoms with Crippen LogP contribution in [0.4, 0.5) is 17.1 Å². The number of aliphatic imine (C=N–C) groups is 1. The van der Waals surface area contributed by atoms with Crippen LogP contribution in [0.5, 0.6) is 0 Å². The molecule has 0 saturated heterocycles. The summed E-state index contributed by atoms with van der Waals surface area (Å²) in [6, 6.07) is 25.8. The number of hydrogen-bond donors (Lipinski definition) is 2. The van der Waals surface area contributed by atoms with E-state index in [1.54, 1.807) is 0 Å². The van der Waals surface area contributed by atoms with Crippen molar-refractivity contribution < 1.29 is 4.79 Å². The van der Waals surface area contributed by atoms with Gasteiger partial charge in [0.05, 0.1) is 5.69 Å². The van der Waals surface area contributed by atoms with Crippen LogP contribution >= 0.6 is 0 Å². The SMILES string of the molecule is NC(=O)Cn1cc(C=Nc2ccc(Nc3ccccc3)cc2)c2ccccc21. The molecule has 138 valence electrons. The molecule has 1 aromatic heterocycles. The zero-order valence-corrected chi connectivity index (χ0v) is 15.2. The van der Waals surface area contributed by atoms with Crippen LogP contribution in [0.3, 0.4) is 0 Å². The molecule has 0 aliphatic rings. The first-order chi connectivity index (χ1) is 13.7. The first-order valence-corrected chi connectivity index (χ1v) is 9.01. The second-order valence-corrected chi connectivity index (χ2v) is 6.49. The zero-order chi connectivity index (χ0) is 19.3. The van der Waals surface area contributed by atoms with Crippen LogP contribution in [-0.2, 0) is 11.3 Å². The fourth-order valence-electron chi connectivity index (χ4n) is 3.14. The fraction of sp³-hybridized carbons (Fsp3) is 0.0435. The van der Waals surface area contributed by atoms with Crippen molar-refractivity contribution in [1.82, 2.24) is 4.57 Å². The summed E-state index contributed by atoms with van der Waals surface area (Å²) in [6.07, 6.45) is 3.73. The van der Waals surface area contributed by atoms with Gasteiger partial charge in [0, 0.05) is 40.3 Å². The predicted octanol–water partition coefficient (Wildman–Crippen LogP) is 4.62. The van der Waals surface area contributed by atoms with Gasteiger partial charge in [0.15, 0.2) is 0 Å². The molecule has 0 spiro atoms. The fourth-order valence-corrected chi connectivity index (χ4v) is 3.14. The molecule has 0 atom stereocenters. The largest absolute Gasteiger partial charge is 0.368 e. The highest BCUT2D eigenvalue weighted by molar-refractivity contribution is 6.00. The van der Waals surface area contributed by atoms with Crippen LogP contribution in [0, 0.1) is 0 Å². The standard InChI is InChI=1S/C23H20N4O/c24-23(28)16-27-15-17(21-8-4-5-9-22(21)27)14-25-18-10-12-20(13-11-18)26-19-6-2-1-3-7-19/h1-15,26H,16H2,(H2,24,28). The molecule has 4 aromatic rings. The van der Waals surface area contributed by atoms with E-state index in [0.717, 1.165) is 33.5 Å². The number of nitrogens with zero attached hydrogens (tertiary/aromatic N) is 2. The van der Waals surface area contributed by atoms with E-state index in [4.69, 9.17) is 5.73 Å². The summed E-state index contributed by atoms with van der Waals surface area (Å²) in [7, 11) is 0. The first-order valence-electron chi connectivity index (χ1n) is 9.01. The maximum atomic E-state index is 11.3. The number of amides is 1. The highest BCUT2D eigenvalue weighted by Crippen LogP contribution is 2.23. The van der Waals surface area contributed by atoms with Crippen molar-refractivity contribution in [2.75, 3.05) is 5.32 Å². The Morgan fingerprint density at radius 2 is 1.61 bits per heavy atom. The van der Waals surface area contributed by atoms with Gasteiger partial charge in [-0.15, -0.1) is 0 Å². The quantitative estimate of drug-likeness (QED) is 0.487. The third-order valence-corrected chi connectivity index (χ3v) is 4.43. The molecule has 0 radical (unpaired) electrons. The Hall–Kier alpha value is -3.86. The number of rotatable bonds is 6. The van der Waals surface area contributed by atoms with Crippen LogP contribution in [0.15, 0.2) is 90.1 Å². The summed E-state index contributed by atoms with van der Waals surface area (Å²) >= 11 is 0. The lowest BCUT2D eigenvalue weighted by molar-refractivity contribution is -0.118. The van der Waals surface area contributed by atoms with E-state index < -0.39 is 0 Å². The lowest BCUT2D eigenvalue weighted by Crippen LogP contribution is -2.17. The third kappa shape index (κ3) is 3.94. The number of aromatic nitrogens is 1. The van der Waals surface area contributed by atoms with Crippen molar-refractivity contribution in [2.24, 2.45) is 10.7 Å². The van der Waals surface area contributed by atoms with E-state index >= 15 is 0 Å². The van der Waals surface area contributed by atoms with E-state index in [2.05, 4.69) is 10.3 Å². The maximum absolute atomic E-state index is 11.3. The molecular formula is C23H20N4O. The molecular weight excluding hydrogens is 348 g/mol. The Morgan fingerprint density at radius 1 is 0.929 bits per heavy atom. The number of carbonyl (C=O) groups excluding carboxylic acids is 1. The minimum absolute atomic E-state index is 0.147. The Bertz CT molecular complexity index is 1130. The van der Waals surface area contributed by atoms with Gasteiger partial charge in [0.2, 0.25) is 5.91 Å². The number of anilines is 2. The minimum atomic E-state index is -0.370. The number of nitrogens with two attached hydrogens (primary N) is 1. The van der Waals surface area contributed by atoms with E-state index in [1.165, 1.54) is 0 Å². The summed E-state index contributed by atoms with van der Waals surface area (Å²) in [5.74, 6) is -0.370. The summed E-state index contributed by atoms with van der Waals surface area (Å²) in [4.78, 5) is 15.9. The van der Waals surface area contributed by atoms with Gasteiger partial charge in [-0.1, -0.05) is 36.4 Å². The van der Waals surface area contributed by atoms with E-state index in [0.29, 0.717) is 0 Å². The Kier molecular flexibility index (Phi) is 4.89. The smallest absolute Gasteiger partial charge is 0.237 e. The summed E-state index contributed by atoms with van der Waals surface area (Å²) in [6.45, 7) is 0.147. The van der Waals surface area contributed by atoms with Crippen LogP contribution < -0.4 is 11.1 Å². The first kappa shape index (κ1) is 17.5. The number of fused-ring (bicyclic) bond motifs is 1. The van der Waals surface area contributed by atoms with Gasteiger partial charge in [0.1, 0.15) is 6.54 Å². The Morgan fingerprint density at radius 3 is 2.36 bits per heavy atom. The van der Waals surface area contributed by atoms with Gasteiger partial charge in [-0.2, -0.15) is 0 Å². The molecule has 1 heterocycles. The number of nitrogens with one attached hydrogen (secondary N) is 1. The van der Waals surface area contributed by atoms with Gasteiger partial charge in [-0.3, -0.25) is 9.79 Å². The van der Waals surface area contributed by atoms with E-state index in [9.17, 15) is 4.79 Å². The minimum Gasteiger partial charge on any atom is -0.368 e. The van der Waals surface area contributed by atoms with Crippen LogP contribution in [-0.4, -0.2) is 16.7 Å². The average Bonchev–Trinajstić information content (AvgIpc) is 3.05. The maximum Gasteiger partial charge on any atom is 0.237 e. The van der Waals surface area contributed by atoms with Crippen molar-refractivity contribution >= 4 is 40.1 Å². The molecule has 0 bridgehead atoms. The highest BCUT2D eigenvalue weighted by Gasteiger charge is 2.08. The van der Waals surface area contributed by atoms with Crippen molar-refractivity contribution in [1.29, 1.82) is 0 Å². The molecule has 0 aliphatic heterocycles. The molecule has 1 amide bonds.